The van der Waals surface area contributed by atoms with E-state index in [0.29, 0.717) is 16.9 Å². The van der Waals surface area contributed by atoms with Crippen molar-refractivity contribution in [1.29, 1.82) is 0 Å². The summed E-state index contributed by atoms with van der Waals surface area (Å²) in [6, 6.07) is 7.40. The van der Waals surface area contributed by atoms with E-state index in [2.05, 4.69) is 26.4 Å². The molecule has 0 saturated carbocycles. The molecule has 1 aromatic carbocycles. The zero-order valence-electron chi connectivity index (χ0n) is 8.53. The number of benzene rings is 1. The number of amides is 1. The minimum Gasteiger partial charge on any atom is -0.364 e. The van der Waals surface area contributed by atoms with Gasteiger partial charge in [0.15, 0.2) is 0 Å². The molecule has 2 rings (SSSR count). The summed E-state index contributed by atoms with van der Waals surface area (Å²) in [5.41, 5.74) is 1.73. The van der Waals surface area contributed by atoms with Crippen LogP contribution in [-0.2, 0) is 0 Å². The second-order valence-electron chi connectivity index (χ2n) is 3.25. The molecular formula is C11H9BrN2O2. The largest absolute Gasteiger partial charge is 0.364 e. The topological polar surface area (TPSA) is 55.1 Å². The predicted octanol–water partition coefficient (Wildman–Crippen LogP) is 3.00. The molecule has 82 valence electrons. The molecule has 0 atom stereocenters. The van der Waals surface area contributed by atoms with E-state index in [-0.39, 0.29) is 5.91 Å². The van der Waals surface area contributed by atoms with Gasteiger partial charge in [-0.1, -0.05) is 17.3 Å². The van der Waals surface area contributed by atoms with Crippen molar-refractivity contribution < 1.29 is 9.32 Å². The zero-order valence-corrected chi connectivity index (χ0v) is 10.1. The molecule has 1 heterocycles. The number of rotatable bonds is 2. The first-order chi connectivity index (χ1) is 7.68. The van der Waals surface area contributed by atoms with Crippen molar-refractivity contribution in [3.05, 3.63) is 46.3 Å². The summed E-state index contributed by atoms with van der Waals surface area (Å²) < 4.78 is 5.54. The number of carbonyl (C=O) groups excluding carboxylic acids is 1. The molecule has 0 saturated heterocycles. The van der Waals surface area contributed by atoms with Gasteiger partial charge in [0.05, 0.1) is 11.4 Å². The van der Waals surface area contributed by atoms with Crippen LogP contribution in [0.25, 0.3) is 0 Å². The highest BCUT2D eigenvalue weighted by Gasteiger charge is 2.13. The Morgan fingerprint density at radius 3 is 2.81 bits per heavy atom. The lowest BCUT2D eigenvalue weighted by atomic mass is 10.2. The molecule has 2 aromatic rings. The SMILES string of the molecule is Cc1nocc1C(=O)Nc1ccccc1Br. The van der Waals surface area contributed by atoms with Crippen LogP contribution in [0.15, 0.2) is 39.5 Å². The first-order valence-electron chi connectivity index (χ1n) is 4.65. The second kappa shape index (κ2) is 4.49. The molecule has 4 nitrogen and oxygen atoms in total. The van der Waals surface area contributed by atoms with E-state index in [4.69, 9.17) is 4.52 Å². The number of aromatic nitrogens is 1. The summed E-state index contributed by atoms with van der Waals surface area (Å²) in [6.07, 6.45) is 1.33. The van der Waals surface area contributed by atoms with Gasteiger partial charge in [-0.3, -0.25) is 4.79 Å². The van der Waals surface area contributed by atoms with E-state index >= 15 is 0 Å². The van der Waals surface area contributed by atoms with Crippen molar-refractivity contribution in [3.8, 4) is 0 Å². The van der Waals surface area contributed by atoms with Gasteiger partial charge in [0.2, 0.25) is 0 Å². The standard InChI is InChI=1S/C11H9BrN2O2/c1-7-8(6-16-14-7)11(15)13-10-5-3-2-4-9(10)12/h2-6H,1H3,(H,13,15). The van der Waals surface area contributed by atoms with Crippen LogP contribution in [0.5, 0.6) is 0 Å². The summed E-state index contributed by atoms with van der Waals surface area (Å²) in [5.74, 6) is -0.231. The average Bonchev–Trinajstić information content (AvgIpc) is 2.68. The fourth-order valence-corrected chi connectivity index (χ4v) is 1.65. The van der Waals surface area contributed by atoms with Gasteiger partial charge >= 0.3 is 0 Å². The Morgan fingerprint density at radius 1 is 1.44 bits per heavy atom. The van der Waals surface area contributed by atoms with Crippen LogP contribution in [0.1, 0.15) is 16.1 Å². The van der Waals surface area contributed by atoms with Crippen LogP contribution in [-0.4, -0.2) is 11.1 Å². The number of carbonyl (C=O) groups is 1. The molecule has 0 aliphatic heterocycles. The molecule has 1 amide bonds. The monoisotopic (exact) mass is 280 g/mol. The fraction of sp³-hybridized carbons (Fsp3) is 0.0909. The minimum absolute atomic E-state index is 0.231. The number of halogens is 1. The highest BCUT2D eigenvalue weighted by Crippen LogP contribution is 2.22. The van der Waals surface area contributed by atoms with Crippen LogP contribution in [0.4, 0.5) is 5.69 Å². The second-order valence-corrected chi connectivity index (χ2v) is 4.10. The van der Waals surface area contributed by atoms with Crippen LogP contribution in [0, 0.1) is 6.92 Å². The lowest BCUT2D eigenvalue weighted by Crippen LogP contribution is -2.12. The van der Waals surface area contributed by atoms with Crippen molar-refractivity contribution >= 4 is 27.5 Å². The number of nitrogens with one attached hydrogen (secondary N) is 1. The predicted molar refractivity (Wildman–Crippen MR) is 63.3 cm³/mol. The summed E-state index contributed by atoms with van der Waals surface area (Å²) >= 11 is 3.35. The van der Waals surface area contributed by atoms with Crippen molar-refractivity contribution in [1.82, 2.24) is 5.16 Å². The molecule has 1 aromatic heterocycles. The Morgan fingerprint density at radius 2 is 2.19 bits per heavy atom. The normalized spacial score (nSPS) is 10.1. The third-order valence-electron chi connectivity index (χ3n) is 2.12. The van der Waals surface area contributed by atoms with Crippen molar-refractivity contribution in [2.45, 2.75) is 6.92 Å². The highest BCUT2D eigenvalue weighted by atomic mass is 79.9. The molecule has 0 bridgehead atoms. The quantitative estimate of drug-likeness (QED) is 0.920. The number of anilines is 1. The molecule has 0 aliphatic carbocycles. The van der Waals surface area contributed by atoms with E-state index in [9.17, 15) is 4.79 Å². The Bertz CT molecular complexity index is 522. The highest BCUT2D eigenvalue weighted by molar-refractivity contribution is 9.10. The molecular weight excluding hydrogens is 272 g/mol. The third kappa shape index (κ3) is 2.14. The van der Waals surface area contributed by atoms with Crippen molar-refractivity contribution in [2.75, 3.05) is 5.32 Å². The molecule has 0 fully saturated rings. The fourth-order valence-electron chi connectivity index (χ4n) is 1.26. The summed E-state index contributed by atoms with van der Waals surface area (Å²) in [6.45, 7) is 1.72. The molecule has 0 radical (unpaired) electrons. The smallest absolute Gasteiger partial charge is 0.260 e. The van der Waals surface area contributed by atoms with E-state index in [1.807, 2.05) is 24.3 Å². The van der Waals surface area contributed by atoms with Gasteiger partial charge in [-0.25, -0.2) is 0 Å². The Hall–Kier alpha value is -1.62. The maximum absolute atomic E-state index is 11.8. The van der Waals surface area contributed by atoms with Gasteiger partial charge in [-0.2, -0.15) is 0 Å². The van der Waals surface area contributed by atoms with E-state index in [0.717, 1.165) is 4.47 Å². The van der Waals surface area contributed by atoms with Crippen LogP contribution in [0.2, 0.25) is 0 Å². The Kier molecular flexibility index (Phi) is 3.05. The Balaban J connectivity index is 2.21. The lowest BCUT2D eigenvalue weighted by molar-refractivity contribution is 0.102. The lowest BCUT2D eigenvalue weighted by Gasteiger charge is -2.05. The Labute approximate surface area is 101 Å². The van der Waals surface area contributed by atoms with Gasteiger partial charge in [-0.05, 0) is 35.0 Å². The maximum Gasteiger partial charge on any atom is 0.260 e. The van der Waals surface area contributed by atoms with Crippen molar-refractivity contribution in [2.24, 2.45) is 0 Å². The number of para-hydroxylation sites is 1. The van der Waals surface area contributed by atoms with Gasteiger partial charge in [-0.15, -0.1) is 0 Å². The third-order valence-corrected chi connectivity index (χ3v) is 2.81. The summed E-state index contributed by atoms with van der Waals surface area (Å²) in [5, 5.41) is 6.42. The molecule has 0 spiro atoms. The van der Waals surface area contributed by atoms with Gasteiger partial charge in [0, 0.05) is 4.47 Å². The van der Waals surface area contributed by atoms with Gasteiger partial charge < -0.3 is 9.84 Å². The van der Waals surface area contributed by atoms with Gasteiger partial charge in [0.1, 0.15) is 11.8 Å². The maximum atomic E-state index is 11.8. The average molecular weight is 281 g/mol. The minimum atomic E-state index is -0.231. The number of aryl methyl sites for hydroxylation is 1. The summed E-state index contributed by atoms with van der Waals surface area (Å²) in [4.78, 5) is 11.8. The summed E-state index contributed by atoms with van der Waals surface area (Å²) in [7, 11) is 0. The van der Waals surface area contributed by atoms with Crippen molar-refractivity contribution in [3.63, 3.8) is 0 Å². The van der Waals surface area contributed by atoms with Crippen LogP contribution >= 0.6 is 15.9 Å². The molecule has 1 N–H and O–H groups in total. The molecule has 0 aliphatic rings. The molecule has 0 unspecified atom stereocenters. The van der Waals surface area contributed by atoms with Crippen LogP contribution in [0.3, 0.4) is 0 Å². The van der Waals surface area contributed by atoms with E-state index < -0.39 is 0 Å². The number of hydrogen-bond donors (Lipinski definition) is 1. The van der Waals surface area contributed by atoms with E-state index in [1.54, 1.807) is 6.92 Å². The molecule has 16 heavy (non-hydrogen) atoms. The van der Waals surface area contributed by atoms with Crippen LogP contribution < -0.4 is 5.32 Å². The van der Waals surface area contributed by atoms with Gasteiger partial charge in [0.25, 0.3) is 5.91 Å². The first kappa shape index (κ1) is 10.9. The zero-order chi connectivity index (χ0) is 11.5. The number of hydrogen-bond acceptors (Lipinski definition) is 3. The van der Waals surface area contributed by atoms with E-state index in [1.165, 1.54) is 6.26 Å². The number of nitrogens with zero attached hydrogens (tertiary/aromatic N) is 1. The molecule has 5 heteroatoms. The first-order valence-corrected chi connectivity index (χ1v) is 5.44.